The molecular weight excluding hydrogens is 628 g/mol. The highest BCUT2D eigenvalue weighted by molar-refractivity contribution is 5.88. The molecule has 2 atom stereocenters. The Kier molecular flexibility index (Phi) is 11.2. The summed E-state index contributed by atoms with van der Waals surface area (Å²) in [6.07, 6.45) is 9.08. The third kappa shape index (κ3) is 8.47. The van der Waals surface area contributed by atoms with Crippen molar-refractivity contribution < 1.29 is 29.3 Å². The Morgan fingerprint density at radius 2 is 0.940 bits per heavy atom. The van der Waals surface area contributed by atoms with Crippen LogP contribution in [0.3, 0.4) is 0 Å². The zero-order valence-corrected chi connectivity index (χ0v) is 28.5. The minimum atomic E-state index is -1.86. The lowest BCUT2D eigenvalue weighted by Gasteiger charge is -2.23. The fraction of sp³-hybridized carbons (Fsp3) is 0.190. The van der Waals surface area contributed by atoms with Gasteiger partial charge in [0.15, 0.2) is 0 Å². The van der Waals surface area contributed by atoms with E-state index in [2.05, 4.69) is 9.97 Å². The SMILES string of the molecule is CC(C)OC(=O)[C@@](O)(/C=C/c1ccc2ccccc2c1)c1ccc[nH]1.CC(C)OC(=O)[C@@](O)(/C=C/c1ccc2ccccc2c1)c1ccc[nH]1. The summed E-state index contributed by atoms with van der Waals surface area (Å²) in [7, 11) is 0. The summed E-state index contributed by atoms with van der Waals surface area (Å²) >= 11 is 0. The van der Waals surface area contributed by atoms with Gasteiger partial charge in [-0.1, -0.05) is 84.9 Å². The fourth-order valence-corrected chi connectivity index (χ4v) is 5.33. The Labute approximate surface area is 291 Å². The molecule has 0 saturated carbocycles. The van der Waals surface area contributed by atoms with E-state index in [1.165, 1.54) is 12.2 Å². The van der Waals surface area contributed by atoms with Crippen LogP contribution in [0.25, 0.3) is 33.7 Å². The standard InChI is InChI=1S/2C21H21NO3/c2*1-15(2)25-20(23)21(24,19-8-5-13-22-19)12-11-16-9-10-17-6-3-4-7-18(17)14-16/h2*3-15,22,24H,1-2H3/b2*12-11+/t2*21-/m11/s1. The van der Waals surface area contributed by atoms with Crippen molar-refractivity contribution in [1.82, 2.24) is 9.97 Å². The van der Waals surface area contributed by atoms with Gasteiger partial charge < -0.3 is 29.7 Å². The molecule has 0 spiro atoms. The summed E-state index contributed by atoms with van der Waals surface area (Å²) in [6.45, 7) is 7.00. The van der Waals surface area contributed by atoms with E-state index in [1.807, 2.05) is 84.9 Å². The van der Waals surface area contributed by atoms with Crippen LogP contribution < -0.4 is 0 Å². The van der Waals surface area contributed by atoms with E-state index in [1.54, 1.807) is 76.5 Å². The van der Waals surface area contributed by atoms with Crippen molar-refractivity contribution in [2.45, 2.75) is 51.1 Å². The first kappa shape index (κ1) is 35.6. The first-order valence-corrected chi connectivity index (χ1v) is 16.5. The second-order valence-corrected chi connectivity index (χ2v) is 12.5. The number of carbonyl (C=O) groups is 2. The number of carbonyl (C=O) groups excluding carboxylic acids is 2. The Bertz CT molecular complexity index is 1940. The van der Waals surface area contributed by atoms with Crippen LogP contribution in [0.5, 0.6) is 0 Å². The van der Waals surface area contributed by atoms with E-state index >= 15 is 0 Å². The predicted molar refractivity (Wildman–Crippen MR) is 198 cm³/mol. The van der Waals surface area contributed by atoms with Gasteiger partial charge in [-0.3, -0.25) is 0 Å². The van der Waals surface area contributed by atoms with Crippen molar-refractivity contribution >= 4 is 45.6 Å². The molecule has 0 aliphatic carbocycles. The third-order valence-electron chi connectivity index (χ3n) is 7.91. The average molecular weight is 671 g/mol. The van der Waals surface area contributed by atoms with Gasteiger partial charge in [-0.25, -0.2) is 9.59 Å². The van der Waals surface area contributed by atoms with Gasteiger partial charge in [0.05, 0.1) is 23.6 Å². The topological polar surface area (TPSA) is 125 Å². The van der Waals surface area contributed by atoms with Gasteiger partial charge in [-0.05, 0) is 109 Å². The quantitative estimate of drug-likeness (QED) is 0.109. The van der Waals surface area contributed by atoms with Gasteiger partial charge in [0.2, 0.25) is 11.2 Å². The number of ether oxygens (including phenoxy) is 2. The van der Waals surface area contributed by atoms with Crippen molar-refractivity contribution in [2.75, 3.05) is 0 Å². The van der Waals surface area contributed by atoms with E-state index in [0.29, 0.717) is 11.4 Å². The molecule has 8 nitrogen and oxygen atoms in total. The van der Waals surface area contributed by atoms with Crippen molar-refractivity contribution in [2.24, 2.45) is 0 Å². The molecule has 0 fully saturated rings. The minimum Gasteiger partial charge on any atom is -0.460 e. The monoisotopic (exact) mass is 670 g/mol. The Balaban J connectivity index is 0.000000194. The number of benzene rings is 4. The van der Waals surface area contributed by atoms with E-state index in [0.717, 1.165) is 32.7 Å². The summed E-state index contributed by atoms with van der Waals surface area (Å²) in [5, 5.41) is 26.4. The van der Waals surface area contributed by atoms with Crippen molar-refractivity contribution in [3.63, 3.8) is 0 Å². The van der Waals surface area contributed by atoms with Gasteiger partial charge in [-0.2, -0.15) is 0 Å². The fourth-order valence-electron chi connectivity index (χ4n) is 5.33. The molecule has 2 heterocycles. The molecule has 0 bridgehead atoms. The molecule has 0 amide bonds. The third-order valence-corrected chi connectivity index (χ3v) is 7.91. The number of nitrogens with one attached hydrogen (secondary N) is 2. The number of esters is 2. The summed E-state index contributed by atoms with van der Waals surface area (Å²) in [4.78, 5) is 30.7. The Morgan fingerprint density at radius 3 is 1.28 bits per heavy atom. The van der Waals surface area contributed by atoms with E-state index < -0.39 is 23.1 Å². The first-order chi connectivity index (χ1) is 24.0. The molecule has 50 heavy (non-hydrogen) atoms. The molecule has 0 unspecified atom stereocenters. The predicted octanol–water partition coefficient (Wildman–Crippen LogP) is 8.04. The van der Waals surface area contributed by atoms with E-state index in [-0.39, 0.29) is 12.2 Å². The van der Waals surface area contributed by atoms with Crippen LogP contribution in [0.1, 0.15) is 50.2 Å². The van der Waals surface area contributed by atoms with Crippen molar-refractivity contribution in [3.05, 3.63) is 156 Å². The highest BCUT2D eigenvalue weighted by Crippen LogP contribution is 2.27. The Morgan fingerprint density at radius 1 is 0.560 bits per heavy atom. The number of aromatic nitrogens is 2. The molecule has 6 aromatic rings. The van der Waals surface area contributed by atoms with Crippen LogP contribution in [0.4, 0.5) is 0 Å². The molecule has 256 valence electrons. The number of aromatic amines is 2. The summed E-state index contributed by atoms with van der Waals surface area (Å²) in [5.74, 6) is -1.41. The van der Waals surface area contributed by atoms with Crippen LogP contribution in [0.2, 0.25) is 0 Å². The second kappa shape index (κ2) is 15.7. The molecule has 2 aromatic heterocycles. The van der Waals surface area contributed by atoms with Gasteiger partial charge >= 0.3 is 11.9 Å². The number of fused-ring (bicyclic) bond motifs is 2. The molecular formula is C42H42N2O6. The number of H-pyrrole nitrogens is 2. The van der Waals surface area contributed by atoms with Crippen LogP contribution in [-0.2, 0) is 30.3 Å². The molecule has 0 aliphatic rings. The molecule has 4 N–H and O–H groups in total. The van der Waals surface area contributed by atoms with Gasteiger partial charge in [0.1, 0.15) is 0 Å². The smallest absolute Gasteiger partial charge is 0.348 e. The number of rotatable bonds is 10. The van der Waals surface area contributed by atoms with Crippen molar-refractivity contribution in [1.29, 1.82) is 0 Å². The van der Waals surface area contributed by atoms with Crippen molar-refractivity contribution in [3.8, 4) is 0 Å². The maximum Gasteiger partial charge on any atom is 0.348 e. The normalized spacial score (nSPS) is 14.1. The van der Waals surface area contributed by atoms with Crippen LogP contribution in [-0.4, -0.2) is 44.3 Å². The van der Waals surface area contributed by atoms with Gasteiger partial charge in [0, 0.05) is 12.4 Å². The highest BCUT2D eigenvalue weighted by atomic mass is 16.6. The lowest BCUT2D eigenvalue weighted by Crippen LogP contribution is -2.37. The van der Waals surface area contributed by atoms with Crippen LogP contribution in [0, 0.1) is 0 Å². The van der Waals surface area contributed by atoms with Gasteiger partial charge in [-0.15, -0.1) is 0 Å². The first-order valence-electron chi connectivity index (χ1n) is 16.5. The molecule has 0 radical (unpaired) electrons. The minimum absolute atomic E-state index is 0.317. The van der Waals surface area contributed by atoms with Crippen LogP contribution in [0.15, 0.2) is 134 Å². The number of hydrogen-bond acceptors (Lipinski definition) is 6. The van der Waals surface area contributed by atoms with E-state index in [9.17, 15) is 19.8 Å². The molecule has 4 aromatic carbocycles. The maximum atomic E-state index is 12.5. The largest absolute Gasteiger partial charge is 0.460 e. The summed E-state index contributed by atoms with van der Waals surface area (Å²) in [6, 6.07) is 34.8. The average Bonchev–Trinajstić information content (AvgIpc) is 3.86. The Hall–Kier alpha value is -5.70. The van der Waals surface area contributed by atoms with E-state index in [4.69, 9.17) is 9.47 Å². The number of aliphatic hydroxyl groups is 2. The zero-order chi connectivity index (χ0) is 35.7. The molecule has 6 rings (SSSR count). The molecule has 0 saturated heterocycles. The summed E-state index contributed by atoms with van der Waals surface area (Å²) < 4.78 is 10.5. The van der Waals surface area contributed by atoms with Crippen LogP contribution >= 0.6 is 0 Å². The lowest BCUT2D eigenvalue weighted by atomic mass is 9.97. The summed E-state index contributed by atoms with van der Waals surface area (Å²) in [5.41, 5.74) is -1.20. The lowest BCUT2D eigenvalue weighted by molar-refractivity contribution is -0.166. The molecule has 8 heteroatoms. The zero-order valence-electron chi connectivity index (χ0n) is 28.5. The highest BCUT2D eigenvalue weighted by Gasteiger charge is 2.39. The second-order valence-electron chi connectivity index (χ2n) is 12.5. The molecule has 0 aliphatic heterocycles. The van der Waals surface area contributed by atoms with Gasteiger partial charge in [0.25, 0.3) is 0 Å². The number of hydrogen-bond donors (Lipinski definition) is 4. The maximum absolute atomic E-state index is 12.5.